The molecule has 1 saturated heterocycles. The maximum Gasteiger partial charge on any atom is 0.250 e. The normalized spacial score (nSPS) is 18.0. The average molecular weight is 338 g/mol. The smallest absolute Gasteiger partial charge is 0.250 e. The van der Waals surface area contributed by atoms with E-state index in [1.54, 1.807) is 13.3 Å². The van der Waals surface area contributed by atoms with Gasteiger partial charge in [-0.1, -0.05) is 60.7 Å². The summed E-state index contributed by atoms with van der Waals surface area (Å²) in [5.74, 6) is 0. The third-order valence-electron chi connectivity index (χ3n) is 4.87. The first-order chi connectivity index (χ1) is 12.2. The molecular weight excluding hydrogens is 316 g/mol. The summed E-state index contributed by atoms with van der Waals surface area (Å²) in [5.41, 5.74) is 1.42. The first kappa shape index (κ1) is 17.2. The van der Waals surface area contributed by atoms with Gasteiger partial charge < -0.3 is 9.64 Å². The molecule has 5 heteroatoms. The maximum atomic E-state index is 10.8. The number of hydrogen-bond donors (Lipinski definition) is 0. The van der Waals surface area contributed by atoms with Gasteiger partial charge in [0.15, 0.2) is 0 Å². The largest absolute Gasteiger partial charge is 0.367 e. The lowest BCUT2D eigenvalue weighted by Gasteiger charge is -2.42. The standard InChI is InChI=1S/C20H22N2O3/c1-25-20(17-9-4-2-5-10-17,18-11-6-3-7-12-18)19-13-8-14-21(19)15-16-22(23)24/h2-7,9-12,15-16,19H,8,13-14H2,1H3/b16-15+/t19-/m0/s1. The second-order valence-corrected chi connectivity index (χ2v) is 6.15. The van der Waals surface area contributed by atoms with Gasteiger partial charge in [-0.25, -0.2) is 0 Å². The van der Waals surface area contributed by atoms with Crippen molar-refractivity contribution < 1.29 is 9.66 Å². The van der Waals surface area contributed by atoms with Crippen LogP contribution in [0.15, 0.2) is 73.1 Å². The Bertz CT molecular complexity index is 692. The highest BCUT2D eigenvalue weighted by atomic mass is 16.6. The fraction of sp³-hybridized carbons (Fsp3) is 0.300. The van der Waals surface area contributed by atoms with E-state index in [9.17, 15) is 10.1 Å². The molecule has 3 rings (SSSR count). The predicted molar refractivity (Wildman–Crippen MR) is 96.5 cm³/mol. The monoisotopic (exact) mass is 338 g/mol. The van der Waals surface area contributed by atoms with Crippen molar-refractivity contribution in [3.05, 3.63) is 94.3 Å². The number of ether oxygens (including phenoxy) is 1. The van der Waals surface area contributed by atoms with Crippen LogP contribution in [-0.2, 0) is 10.3 Å². The fourth-order valence-corrected chi connectivity index (χ4v) is 3.84. The molecule has 0 unspecified atom stereocenters. The molecule has 0 amide bonds. The van der Waals surface area contributed by atoms with E-state index < -0.39 is 10.5 Å². The SMILES string of the molecule is COC(c1ccccc1)(c1ccccc1)[C@@H]1CCCN1/C=C/[N+](=O)[O-]. The molecule has 0 radical (unpaired) electrons. The Kier molecular flexibility index (Phi) is 5.14. The van der Waals surface area contributed by atoms with Gasteiger partial charge in [-0.05, 0) is 24.0 Å². The number of nitrogens with zero attached hydrogens (tertiary/aromatic N) is 2. The first-order valence-corrected chi connectivity index (χ1v) is 8.42. The molecule has 5 nitrogen and oxygen atoms in total. The topological polar surface area (TPSA) is 55.6 Å². The highest BCUT2D eigenvalue weighted by Crippen LogP contribution is 2.43. The Labute approximate surface area is 147 Å². The Balaban J connectivity index is 2.12. The summed E-state index contributed by atoms with van der Waals surface area (Å²) >= 11 is 0. The Morgan fingerprint density at radius 2 is 1.68 bits per heavy atom. The molecule has 0 N–H and O–H groups in total. The Morgan fingerprint density at radius 3 is 2.16 bits per heavy atom. The molecule has 1 aliphatic rings. The van der Waals surface area contributed by atoms with E-state index in [2.05, 4.69) is 24.3 Å². The van der Waals surface area contributed by atoms with Crippen molar-refractivity contribution in [2.24, 2.45) is 0 Å². The van der Waals surface area contributed by atoms with Crippen molar-refractivity contribution in [2.75, 3.05) is 13.7 Å². The minimum atomic E-state index is -0.681. The molecule has 25 heavy (non-hydrogen) atoms. The summed E-state index contributed by atoms with van der Waals surface area (Å²) in [5, 5.41) is 10.8. The van der Waals surface area contributed by atoms with Gasteiger partial charge in [0.05, 0.1) is 17.2 Å². The molecule has 2 aromatic rings. The van der Waals surface area contributed by atoms with Gasteiger partial charge in [-0.15, -0.1) is 0 Å². The van der Waals surface area contributed by atoms with E-state index in [-0.39, 0.29) is 6.04 Å². The third-order valence-corrected chi connectivity index (χ3v) is 4.87. The van der Waals surface area contributed by atoms with Gasteiger partial charge in [0.2, 0.25) is 6.20 Å². The van der Waals surface area contributed by atoms with Crippen molar-refractivity contribution in [2.45, 2.75) is 24.5 Å². The number of benzene rings is 2. The number of hydrogen-bond acceptors (Lipinski definition) is 4. The van der Waals surface area contributed by atoms with Gasteiger partial charge in [0, 0.05) is 13.7 Å². The van der Waals surface area contributed by atoms with E-state index in [1.807, 2.05) is 41.3 Å². The van der Waals surface area contributed by atoms with Crippen molar-refractivity contribution in [1.82, 2.24) is 4.90 Å². The number of nitro groups is 1. The molecule has 2 aromatic carbocycles. The van der Waals surface area contributed by atoms with E-state index in [4.69, 9.17) is 4.74 Å². The van der Waals surface area contributed by atoms with Gasteiger partial charge in [0.1, 0.15) is 5.60 Å². The van der Waals surface area contributed by atoms with Gasteiger partial charge in [-0.3, -0.25) is 10.1 Å². The van der Waals surface area contributed by atoms with Crippen molar-refractivity contribution >= 4 is 0 Å². The summed E-state index contributed by atoms with van der Waals surface area (Å²) in [6.07, 6.45) is 4.46. The lowest BCUT2D eigenvalue weighted by atomic mass is 9.78. The Hall–Kier alpha value is -2.66. The quantitative estimate of drug-likeness (QED) is 0.594. The van der Waals surface area contributed by atoms with Crippen LogP contribution in [0.2, 0.25) is 0 Å². The van der Waals surface area contributed by atoms with E-state index in [0.29, 0.717) is 0 Å². The lowest BCUT2D eigenvalue weighted by molar-refractivity contribution is -0.403. The molecule has 0 spiro atoms. The summed E-state index contributed by atoms with van der Waals surface area (Å²) in [6.45, 7) is 0.778. The van der Waals surface area contributed by atoms with Crippen LogP contribution >= 0.6 is 0 Å². The molecule has 0 bridgehead atoms. The third kappa shape index (κ3) is 3.28. The first-order valence-electron chi connectivity index (χ1n) is 8.42. The van der Waals surface area contributed by atoms with Gasteiger partial charge in [-0.2, -0.15) is 0 Å². The minimum Gasteiger partial charge on any atom is -0.367 e. The zero-order chi connectivity index (χ0) is 17.7. The number of methoxy groups -OCH3 is 1. The highest BCUT2D eigenvalue weighted by Gasteiger charge is 2.46. The second-order valence-electron chi connectivity index (χ2n) is 6.15. The molecule has 0 saturated carbocycles. The molecule has 1 atom stereocenters. The summed E-state index contributed by atoms with van der Waals surface area (Å²) in [6, 6.07) is 20.2. The summed E-state index contributed by atoms with van der Waals surface area (Å²) in [4.78, 5) is 12.4. The van der Waals surface area contributed by atoms with Crippen LogP contribution < -0.4 is 0 Å². The van der Waals surface area contributed by atoms with E-state index in [0.717, 1.165) is 36.7 Å². The molecule has 0 aliphatic carbocycles. The van der Waals surface area contributed by atoms with Crippen LogP contribution in [0.3, 0.4) is 0 Å². The van der Waals surface area contributed by atoms with E-state index in [1.165, 1.54) is 0 Å². The molecule has 0 aromatic heterocycles. The van der Waals surface area contributed by atoms with Crippen LogP contribution in [0.5, 0.6) is 0 Å². The molecule has 1 aliphatic heterocycles. The molecule has 130 valence electrons. The second kappa shape index (κ2) is 7.49. The molecule has 1 fully saturated rings. The fourth-order valence-electron chi connectivity index (χ4n) is 3.84. The van der Waals surface area contributed by atoms with Crippen LogP contribution in [0, 0.1) is 10.1 Å². The minimum absolute atomic E-state index is 0.0153. The molecular formula is C20H22N2O3. The van der Waals surface area contributed by atoms with Crippen molar-refractivity contribution in [1.29, 1.82) is 0 Å². The predicted octanol–water partition coefficient (Wildman–Crippen LogP) is 3.79. The van der Waals surface area contributed by atoms with Crippen molar-refractivity contribution in [3.8, 4) is 0 Å². The summed E-state index contributed by atoms with van der Waals surface area (Å²) in [7, 11) is 1.72. The van der Waals surface area contributed by atoms with Crippen LogP contribution in [-0.4, -0.2) is 29.5 Å². The van der Waals surface area contributed by atoms with Crippen LogP contribution in [0.1, 0.15) is 24.0 Å². The zero-order valence-corrected chi connectivity index (χ0v) is 14.2. The highest BCUT2D eigenvalue weighted by molar-refractivity contribution is 5.39. The zero-order valence-electron chi connectivity index (χ0n) is 14.2. The lowest BCUT2D eigenvalue weighted by Crippen LogP contribution is -2.48. The van der Waals surface area contributed by atoms with Crippen molar-refractivity contribution in [3.63, 3.8) is 0 Å². The summed E-state index contributed by atoms with van der Waals surface area (Å²) < 4.78 is 6.19. The number of likely N-dealkylation sites (tertiary alicyclic amines) is 1. The van der Waals surface area contributed by atoms with Crippen LogP contribution in [0.4, 0.5) is 0 Å². The van der Waals surface area contributed by atoms with Crippen LogP contribution in [0.25, 0.3) is 0 Å². The van der Waals surface area contributed by atoms with Gasteiger partial charge >= 0.3 is 0 Å². The average Bonchev–Trinajstić information content (AvgIpc) is 3.12. The molecule has 1 heterocycles. The van der Waals surface area contributed by atoms with Gasteiger partial charge in [0.25, 0.3) is 0 Å². The van der Waals surface area contributed by atoms with E-state index >= 15 is 0 Å². The Morgan fingerprint density at radius 1 is 1.12 bits per heavy atom. The number of rotatable bonds is 6. The maximum absolute atomic E-state index is 10.8.